The lowest BCUT2D eigenvalue weighted by Gasteiger charge is -2.21. The van der Waals surface area contributed by atoms with E-state index < -0.39 is 5.97 Å². The molecule has 0 unspecified atom stereocenters. The Bertz CT molecular complexity index is 401. The van der Waals surface area contributed by atoms with Crippen molar-refractivity contribution in [1.82, 2.24) is 4.90 Å². The summed E-state index contributed by atoms with van der Waals surface area (Å²) >= 11 is 3.49. The number of benzene rings is 1. The summed E-state index contributed by atoms with van der Waals surface area (Å²) in [7, 11) is 0. The van der Waals surface area contributed by atoms with Gasteiger partial charge in [0.05, 0.1) is 5.56 Å². The second-order valence-corrected chi connectivity index (χ2v) is 5.24. The molecule has 0 bridgehead atoms. The minimum absolute atomic E-state index is 0.348. The van der Waals surface area contributed by atoms with Crippen LogP contribution in [0.15, 0.2) is 22.7 Å². The Labute approximate surface area is 117 Å². The predicted octanol–water partition coefficient (Wildman–Crippen LogP) is 3.77. The Hall–Kier alpha value is -0.870. The van der Waals surface area contributed by atoms with Crippen LogP contribution in [0.2, 0.25) is 0 Å². The number of carboxylic acid groups (broad SMARTS) is 1. The summed E-state index contributed by atoms with van der Waals surface area (Å²) in [5.41, 5.74) is 1.39. The fourth-order valence-electron chi connectivity index (χ4n) is 1.97. The number of rotatable bonds is 7. The topological polar surface area (TPSA) is 40.5 Å². The second-order valence-electron chi connectivity index (χ2n) is 4.39. The molecule has 18 heavy (non-hydrogen) atoms. The summed E-state index contributed by atoms with van der Waals surface area (Å²) in [5, 5.41) is 9.01. The average molecular weight is 314 g/mol. The predicted molar refractivity (Wildman–Crippen MR) is 77.0 cm³/mol. The summed E-state index contributed by atoms with van der Waals surface area (Å²) in [6, 6.07) is 5.19. The monoisotopic (exact) mass is 313 g/mol. The maximum absolute atomic E-state index is 11.0. The first-order valence-electron chi connectivity index (χ1n) is 6.32. The van der Waals surface area contributed by atoms with E-state index in [0.29, 0.717) is 5.56 Å². The van der Waals surface area contributed by atoms with Gasteiger partial charge in [-0.15, -0.1) is 0 Å². The van der Waals surface area contributed by atoms with Crippen LogP contribution in [0.5, 0.6) is 0 Å². The third-order valence-electron chi connectivity index (χ3n) is 2.77. The molecule has 0 fully saturated rings. The molecule has 0 aliphatic rings. The van der Waals surface area contributed by atoms with Gasteiger partial charge in [0.1, 0.15) is 0 Å². The first-order valence-corrected chi connectivity index (χ1v) is 7.11. The van der Waals surface area contributed by atoms with Crippen molar-refractivity contribution in [3.8, 4) is 0 Å². The number of hydrogen-bond donors (Lipinski definition) is 1. The molecule has 0 saturated carbocycles. The van der Waals surface area contributed by atoms with Crippen LogP contribution < -0.4 is 0 Å². The summed E-state index contributed by atoms with van der Waals surface area (Å²) in [5.74, 6) is -0.874. The maximum atomic E-state index is 11.0. The summed E-state index contributed by atoms with van der Waals surface area (Å²) < 4.78 is 0.977. The van der Waals surface area contributed by atoms with Crippen LogP contribution in [0, 0.1) is 0 Å². The fourth-order valence-corrected chi connectivity index (χ4v) is 2.34. The highest BCUT2D eigenvalue weighted by atomic mass is 79.9. The third kappa shape index (κ3) is 4.42. The number of halogens is 1. The normalized spacial score (nSPS) is 10.9. The number of aromatic carboxylic acids is 1. The zero-order chi connectivity index (χ0) is 13.5. The highest BCUT2D eigenvalue weighted by molar-refractivity contribution is 9.10. The van der Waals surface area contributed by atoms with Crippen molar-refractivity contribution in [1.29, 1.82) is 0 Å². The average Bonchev–Trinajstić information content (AvgIpc) is 2.32. The van der Waals surface area contributed by atoms with E-state index in [1.807, 2.05) is 6.07 Å². The van der Waals surface area contributed by atoms with E-state index in [2.05, 4.69) is 34.7 Å². The Morgan fingerprint density at radius 2 is 1.89 bits per heavy atom. The molecule has 0 aromatic heterocycles. The second kappa shape index (κ2) is 7.54. The lowest BCUT2D eigenvalue weighted by atomic mass is 10.1. The van der Waals surface area contributed by atoms with E-state index in [0.717, 1.165) is 42.5 Å². The van der Waals surface area contributed by atoms with Crippen LogP contribution in [0.25, 0.3) is 0 Å². The molecule has 0 atom stereocenters. The Kier molecular flexibility index (Phi) is 6.36. The zero-order valence-electron chi connectivity index (χ0n) is 10.9. The van der Waals surface area contributed by atoms with E-state index in [9.17, 15) is 4.79 Å². The van der Waals surface area contributed by atoms with Crippen molar-refractivity contribution < 1.29 is 9.90 Å². The van der Waals surface area contributed by atoms with Crippen molar-refractivity contribution in [3.63, 3.8) is 0 Å². The summed E-state index contributed by atoms with van der Waals surface area (Å²) in [6.45, 7) is 7.19. The van der Waals surface area contributed by atoms with E-state index in [4.69, 9.17) is 5.11 Å². The van der Waals surface area contributed by atoms with Gasteiger partial charge in [-0.05, 0) is 49.7 Å². The van der Waals surface area contributed by atoms with Crippen LogP contribution in [0.4, 0.5) is 0 Å². The maximum Gasteiger partial charge on any atom is 0.335 e. The van der Waals surface area contributed by atoms with E-state index in [-0.39, 0.29) is 0 Å². The molecule has 3 nitrogen and oxygen atoms in total. The van der Waals surface area contributed by atoms with E-state index in [1.165, 1.54) is 0 Å². The van der Waals surface area contributed by atoms with Gasteiger partial charge >= 0.3 is 5.97 Å². The molecule has 1 rings (SSSR count). The van der Waals surface area contributed by atoms with Gasteiger partial charge in [0.15, 0.2) is 0 Å². The zero-order valence-corrected chi connectivity index (χ0v) is 12.5. The Morgan fingerprint density at radius 3 is 2.39 bits per heavy atom. The largest absolute Gasteiger partial charge is 0.478 e. The molecule has 0 amide bonds. The molecule has 1 aromatic carbocycles. The minimum Gasteiger partial charge on any atom is -0.478 e. The van der Waals surface area contributed by atoms with Crippen LogP contribution >= 0.6 is 15.9 Å². The lowest BCUT2D eigenvalue weighted by Crippen LogP contribution is -2.25. The van der Waals surface area contributed by atoms with Crippen LogP contribution in [0.3, 0.4) is 0 Å². The standard InChI is InChI=1S/C14H20BrNO2/c1-3-7-16(8-4-2)10-12-9-11(14(17)18)5-6-13(12)15/h5-6,9H,3-4,7-8,10H2,1-2H3,(H,17,18). The molecule has 0 spiro atoms. The van der Waals surface area contributed by atoms with E-state index >= 15 is 0 Å². The van der Waals surface area contributed by atoms with Gasteiger partial charge in [-0.2, -0.15) is 0 Å². The Morgan fingerprint density at radius 1 is 1.28 bits per heavy atom. The van der Waals surface area contributed by atoms with Crippen molar-refractivity contribution in [2.45, 2.75) is 33.2 Å². The molecule has 0 radical (unpaired) electrons. The van der Waals surface area contributed by atoms with Gasteiger partial charge in [0.25, 0.3) is 0 Å². The molecule has 0 aliphatic heterocycles. The van der Waals surface area contributed by atoms with Gasteiger partial charge in [-0.3, -0.25) is 4.90 Å². The van der Waals surface area contributed by atoms with E-state index in [1.54, 1.807) is 12.1 Å². The molecule has 1 aromatic rings. The Balaban J connectivity index is 2.86. The van der Waals surface area contributed by atoms with Gasteiger partial charge in [-0.25, -0.2) is 4.79 Å². The smallest absolute Gasteiger partial charge is 0.335 e. The molecule has 0 heterocycles. The first-order chi connectivity index (χ1) is 8.58. The summed E-state index contributed by atoms with van der Waals surface area (Å²) in [4.78, 5) is 13.3. The van der Waals surface area contributed by atoms with Crippen molar-refractivity contribution in [2.24, 2.45) is 0 Å². The van der Waals surface area contributed by atoms with Crippen LogP contribution in [-0.4, -0.2) is 29.1 Å². The number of carbonyl (C=O) groups is 1. The fraction of sp³-hybridized carbons (Fsp3) is 0.500. The first kappa shape index (κ1) is 15.2. The van der Waals surface area contributed by atoms with Crippen molar-refractivity contribution in [3.05, 3.63) is 33.8 Å². The molecule has 0 saturated heterocycles. The molecule has 100 valence electrons. The minimum atomic E-state index is -0.874. The quantitative estimate of drug-likeness (QED) is 0.833. The van der Waals surface area contributed by atoms with Gasteiger partial charge in [-0.1, -0.05) is 29.8 Å². The lowest BCUT2D eigenvalue weighted by molar-refractivity contribution is 0.0696. The molecule has 4 heteroatoms. The molecule has 0 aliphatic carbocycles. The highest BCUT2D eigenvalue weighted by Gasteiger charge is 2.10. The number of hydrogen-bond acceptors (Lipinski definition) is 2. The van der Waals surface area contributed by atoms with Crippen molar-refractivity contribution in [2.75, 3.05) is 13.1 Å². The highest BCUT2D eigenvalue weighted by Crippen LogP contribution is 2.20. The van der Waals surface area contributed by atoms with Gasteiger partial charge in [0.2, 0.25) is 0 Å². The van der Waals surface area contributed by atoms with Crippen LogP contribution in [0.1, 0.15) is 42.6 Å². The van der Waals surface area contributed by atoms with Gasteiger partial charge in [0, 0.05) is 11.0 Å². The number of nitrogens with zero attached hydrogens (tertiary/aromatic N) is 1. The summed E-state index contributed by atoms with van der Waals surface area (Å²) in [6.07, 6.45) is 2.21. The molecule has 1 N–H and O–H groups in total. The van der Waals surface area contributed by atoms with Gasteiger partial charge < -0.3 is 5.11 Å². The third-order valence-corrected chi connectivity index (χ3v) is 3.54. The molecular formula is C14H20BrNO2. The van der Waals surface area contributed by atoms with Crippen molar-refractivity contribution >= 4 is 21.9 Å². The van der Waals surface area contributed by atoms with Crippen LogP contribution in [-0.2, 0) is 6.54 Å². The molecular weight excluding hydrogens is 294 g/mol. The SMILES string of the molecule is CCCN(CCC)Cc1cc(C(=O)O)ccc1Br. The number of carboxylic acids is 1.